The van der Waals surface area contributed by atoms with Crippen LogP contribution in [0.15, 0.2) is 18.2 Å². The molecule has 19 heavy (non-hydrogen) atoms. The van der Waals surface area contributed by atoms with Crippen LogP contribution in [0.25, 0.3) is 10.9 Å². The average Bonchev–Trinajstić information content (AvgIpc) is 2.62. The summed E-state index contributed by atoms with van der Waals surface area (Å²) >= 11 is 0. The first-order valence-corrected chi connectivity index (χ1v) is 6.93. The summed E-state index contributed by atoms with van der Waals surface area (Å²) in [5.41, 5.74) is 5.21. The van der Waals surface area contributed by atoms with Crippen molar-refractivity contribution in [2.24, 2.45) is 0 Å². The molecule has 0 saturated heterocycles. The van der Waals surface area contributed by atoms with Gasteiger partial charge in [0.2, 0.25) is 0 Å². The fraction of sp³-hybridized carbons (Fsp3) is 0.500. The van der Waals surface area contributed by atoms with Gasteiger partial charge in [-0.3, -0.25) is 0 Å². The molecule has 0 radical (unpaired) electrons. The number of benzene rings is 1. The van der Waals surface area contributed by atoms with E-state index in [4.69, 9.17) is 0 Å². The Bertz CT molecular complexity index is 554. The van der Waals surface area contributed by atoms with E-state index in [9.17, 15) is 0 Å². The van der Waals surface area contributed by atoms with Crippen molar-refractivity contribution in [3.05, 3.63) is 35.0 Å². The minimum Gasteiger partial charge on any atom is -0.358 e. The molecule has 0 aliphatic rings. The van der Waals surface area contributed by atoms with Crippen molar-refractivity contribution in [1.29, 1.82) is 0 Å². The summed E-state index contributed by atoms with van der Waals surface area (Å²) in [6.07, 6.45) is 0. The predicted molar refractivity (Wildman–Crippen MR) is 82.6 cm³/mol. The third-order valence-electron chi connectivity index (χ3n) is 3.67. The Labute approximate surface area is 116 Å². The van der Waals surface area contributed by atoms with Crippen LogP contribution in [0.3, 0.4) is 0 Å². The maximum absolute atomic E-state index is 3.57. The molecule has 0 amide bonds. The van der Waals surface area contributed by atoms with E-state index in [0.29, 0.717) is 6.04 Å². The van der Waals surface area contributed by atoms with Crippen LogP contribution in [0.4, 0.5) is 0 Å². The lowest BCUT2D eigenvalue weighted by Gasteiger charge is -2.18. The fourth-order valence-corrected chi connectivity index (χ4v) is 2.52. The maximum Gasteiger partial charge on any atom is 0.0458 e. The van der Waals surface area contributed by atoms with Gasteiger partial charge in [0.25, 0.3) is 0 Å². The number of nitrogens with zero attached hydrogens (tertiary/aromatic N) is 1. The van der Waals surface area contributed by atoms with Crippen LogP contribution in [0.1, 0.15) is 23.7 Å². The minimum atomic E-state index is 0.500. The fourth-order valence-electron chi connectivity index (χ4n) is 2.52. The van der Waals surface area contributed by atoms with Gasteiger partial charge in [-0.25, -0.2) is 0 Å². The molecule has 104 valence electrons. The number of hydrogen-bond donors (Lipinski definition) is 2. The molecule has 1 aromatic heterocycles. The Kier molecular flexibility index (Phi) is 4.27. The number of aryl methyl sites for hydroxylation is 2. The normalized spacial score (nSPS) is 13.4. The largest absolute Gasteiger partial charge is 0.358 e. The van der Waals surface area contributed by atoms with E-state index in [2.05, 4.69) is 68.3 Å². The molecule has 1 heterocycles. The van der Waals surface area contributed by atoms with Crippen LogP contribution in [-0.2, 0) is 6.54 Å². The first kappa shape index (κ1) is 14.1. The van der Waals surface area contributed by atoms with Crippen LogP contribution < -0.4 is 5.32 Å². The van der Waals surface area contributed by atoms with Gasteiger partial charge in [-0.2, -0.15) is 0 Å². The molecule has 0 aliphatic heterocycles. The first-order chi connectivity index (χ1) is 8.97. The summed E-state index contributed by atoms with van der Waals surface area (Å²) in [5.74, 6) is 0. The summed E-state index contributed by atoms with van der Waals surface area (Å²) in [5, 5.41) is 4.91. The van der Waals surface area contributed by atoms with Crippen molar-refractivity contribution >= 4 is 10.9 Å². The summed E-state index contributed by atoms with van der Waals surface area (Å²) < 4.78 is 0. The van der Waals surface area contributed by atoms with Crippen molar-refractivity contribution < 1.29 is 0 Å². The minimum absolute atomic E-state index is 0.500. The maximum atomic E-state index is 3.57. The number of fused-ring (bicyclic) bond motifs is 1. The Hall–Kier alpha value is -1.32. The van der Waals surface area contributed by atoms with E-state index >= 15 is 0 Å². The Morgan fingerprint density at radius 2 is 2.00 bits per heavy atom. The van der Waals surface area contributed by atoms with Crippen LogP contribution >= 0.6 is 0 Å². The van der Waals surface area contributed by atoms with Crippen molar-refractivity contribution in [1.82, 2.24) is 15.2 Å². The topological polar surface area (TPSA) is 31.1 Å². The molecule has 0 fully saturated rings. The third kappa shape index (κ3) is 3.37. The number of nitrogens with one attached hydrogen (secondary N) is 2. The highest BCUT2D eigenvalue weighted by Gasteiger charge is 2.06. The number of aromatic nitrogens is 1. The molecule has 2 N–H and O–H groups in total. The smallest absolute Gasteiger partial charge is 0.0458 e. The zero-order valence-electron chi connectivity index (χ0n) is 12.7. The Balaban J connectivity index is 2.07. The van der Waals surface area contributed by atoms with Crippen molar-refractivity contribution in [2.75, 3.05) is 20.6 Å². The molecule has 1 unspecified atom stereocenters. The second kappa shape index (κ2) is 5.76. The molecule has 0 spiro atoms. The zero-order valence-corrected chi connectivity index (χ0v) is 12.7. The van der Waals surface area contributed by atoms with Gasteiger partial charge >= 0.3 is 0 Å². The summed E-state index contributed by atoms with van der Waals surface area (Å²) in [6, 6.07) is 7.18. The Morgan fingerprint density at radius 1 is 1.26 bits per heavy atom. The summed E-state index contributed by atoms with van der Waals surface area (Å²) in [6.45, 7) is 8.52. The van der Waals surface area contributed by atoms with E-state index in [-0.39, 0.29) is 0 Å². The molecule has 2 aromatic rings. The molecule has 0 saturated carbocycles. The SMILES string of the molecule is Cc1[nH]c2ccc(CNC(C)CN(C)C)cc2c1C. The highest BCUT2D eigenvalue weighted by molar-refractivity contribution is 5.84. The third-order valence-corrected chi connectivity index (χ3v) is 3.67. The quantitative estimate of drug-likeness (QED) is 0.865. The van der Waals surface area contributed by atoms with Crippen LogP contribution in [0.2, 0.25) is 0 Å². The van der Waals surface area contributed by atoms with Gasteiger partial charge in [0.15, 0.2) is 0 Å². The van der Waals surface area contributed by atoms with Gasteiger partial charge in [0, 0.05) is 35.7 Å². The monoisotopic (exact) mass is 259 g/mol. The second-order valence-corrected chi connectivity index (χ2v) is 5.80. The summed E-state index contributed by atoms with van der Waals surface area (Å²) in [4.78, 5) is 5.63. The van der Waals surface area contributed by atoms with Crippen molar-refractivity contribution in [3.8, 4) is 0 Å². The molecule has 3 heteroatoms. The van der Waals surface area contributed by atoms with E-state index in [1.165, 1.54) is 27.7 Å². The van der Waals surface area contributed by atoms with Crippen LogP contribution in [-0.4, -0.2) is 36.6 Å². The Morgan fingerprint density at radius 3 is 2.68 bits per heavy atom. The number of rotatable bonds is 5. The molecule has 1 aromatic carbocycles. The highest BCUT2D eigenvalue weighted by Crippen LogP contribution is 2.22. The summed E-state index contributed by atoms with van der Waals surface area (Å²) in [7, 11) is 4.21. The number of hydrogen-bond acceptors (Lipinski definition) is 2. The lowest BCUT2D eigenvalue weighted by molar-refractivity contribution is 0.349. The highest BCUT2D eigenvalue weighted by atomic mass is 15.1. The number of H-pyrrole nitrogens is 1. The van der Waals surface area contributed by atoms with E-state index in [1.807, 2.05) is 0 Å². The lowest BCUT2D eigenvalue weighted by Crippen LogP contribution is -2.35. The van der Waals surface area contributed by atoms with Gasteiger partial charge in [0.1, 0.15) is 0 Å². The average molecular weight is 259 g/mol. The molecule has 3 nitrogen and oxygen atoms in total. The predicted octanol–water partition coefficient (Wildman–Crippen LogP) is 2.82. The molecule has 1 atom stereocenters. The second-order valence-electron chi connectivity index (χ2n) is 5.80. The van der Waals surface area contributed by atoms with Gasteiger partial charge < -0.3 is 15.2 Å². The number of likely N-dealkylation sites (N-methyl/N-ethyl adjacent to an activating group) is 1. The van der Waals surface area contributed by atoms with Gasteiger partial charge in [-0.15, -0.1) is 0 Å². The molecule has 2 rings (SSSR count). The van der Waals surface area contributed by atoms with E-state index in [0.717, 1.165) is 13.1 Å². The van der Waals surface area contributed by atoms with Crippen LogP contribution in [0, 0.1) is 13.8 Å². The molecule has 0 aliphatic carbocycles. The first-order valence-electron chi connectivity index (χ1n) is 6.93. The van der Waals surface area contributed by atoms with Gasteiger partial charge in [-0.05, 0) is 58.1 Å². The molecule has 0 bridgehead atoms. The van der Waals surface area contributed by atoms with E-state index < -0.39 is 0 Å². The molecular weight excluding hydrogens is 234 g/mol. The lowest BCUT2D eigenvalue weighted by atomic mass is 10.1. The van der Waals surface area contributed by atoms with Crippen LogP contribution in [0.5, 0.6) is 0 Å². The standard InChI is InChI=1S/C16H25N3/c1-11(10-19(4)5)17-9-14-6-7-16-15(8-14)12(2)13(3)18-16/h6-8,11,17-18H,9-10H2,1-5H3. The van der Waals surface area contributed by atoms with Gasteiger partial charge in [-0.1, -0.05) is 6.07 Å². The van der Waals surface area contributed by atoms with Crippen molar-refractivity contribution in [2.45, 2.75) is 33.4 Å². The zero-order chi connectivity index (χ0) is 14.0. The van der Waals surface area contributed by atoms with Crippen molar-refractivity contribution in [3.63, 3.8) is 0 Å². The van der Waals surface area contributed by atoms with Gasteiger partial charge in [0.05, 0.1) is 0 Å². The molecular formula is C16H25N3. The van der Waals surface area contributed by atoms with E-state index in [1.54, 1.807) is 0 Å². The number of aromatic amines is 1.